The predicted octanol–water partition coefficient (Wildman–Crippen LogP) is 10.5. The van der Waals surface area contributed by atoms with Gasteiger partial charge in [0.05, 0.1) is 16.7 Å². The van der Waals surface area contributed by atoms with Crippen LogP contribution in [0, 0.1) is 53.4 Å². The van der Waals surface area contributed by atoms with Gasteiger partial charge < -0.3 is 20.4 Å². The number of nitrogens with one attached hydrogen (secondary N) is 3. The van der Waals surface area contributed by atoms with E-state index in [4.69, 9.17) is 9.41 Å². The number of nitrogens with zero attached hydrogens (tertiary/aromatic N) is 1. The zero-order chi connectivity index (χ0) is 50.4. The van der Waals surface area contributed by atoms with Crippen molar-refractivity contribution in [3.8, 4) is 22.5 Å². The third-order valence-electron chi connectivity index (χ3n) is 12.1. The van der Waals surface area contributed by atoms with Crippen molar-refractivity contribution in [2.24, 2.45) is 16.8 Å². The van der Waals surface area contributed by atoms with Gasteiger partial charge in [0.1, 0.15) is 26.0 Å². The minimum atomic E-state index is -5.16. The van der Waals surface area contributed by atoms with Gasteiger partial charge in [-0.25, -0.2) is 4.99 Å². The van der Waals surface area contributed by atoms with E-state index in [0.29, 0.717) is 52.2 Å². The van der Waals surface area contributed by atoms with E-state index in [-0.39, 0.29) is 73.8 Å². The highest BCUT2D eigenvalue weighted by Gasteiger charge is 2.30. The molecule has 4 aromatic rings. The summed E-state index contributed by atoms with van der Waals surface area (Å²) in [5, 5.41) is 8.63. The molecule has 2 unspecified atom stereocenters. The highest BCUT2D eigenvalue weighted by molar-refractivity contribution is 7.86. The number of fused-ring (bicyclic) bond motifs is 2. The van der Waals surface area contributed by atoms with Crippen LogP contribution in [0.15, 0.2) is 84.8 Å². The van der Waals surface area contributed by atoms with Gasteiger partial charge in [-0.2, -0.15) is 25.3 Å². The number of hydrogen-bond acceptors (Lipinski definition) is 11. The van der Waals surface area contributed by atoms with E-state index >= 15 is 0 Å². The monoisotopic (exact) mass is 988 g/mol. The third kappa shape index (κ3) is 10.5. The van der Waals surface area contributed by atoms with Crippen LogP contribution in [0.3, 0.4) is 0 Å². The Balaban J connectivity index is 1.72. The van der Waals surface area contributed by atoms with Gasteiger partial charge in [0.2, 0.25) is 11.8 Å². The lowest BCUT2D eigenvalue weighted by atomic mass is 9.93. The smallest absolute Gasteiger partial charge is 0.296 e. The fourth-order valence-corrected chi connectivity index (χ4v) is 10.7. The summed E-state index contributed by atoms with van der Waals surface area (Å²) in [6.45, 7) is 18.2. The van der Waals surface area contributed by atoms with Crippen LogP contribution in [-0.4, -0.2) is 50.7 Å². The highest BCUT2D eigenvalue weighted by atomic mass is 32.2. The summed E-state index contributed by atoms with van der Waals surface area (Å²) in [6.07, 6.45) is 2.88. The lowest BCUT2D eigenvalue weighted by Gasteiger charge is -2.22. The van der Waals surface area contributed by atoms with Gasteiger partial charge in [-0.1, -0.05) is 70.9 Å². The number of carbonyl (C=O) groups excluding carboxylic acids is 2. The molecule has 1 aliphatic carbocycles. The number of anilines is 4. The summed E-state index contributed by atoms with van der Waals surface area (Å²) in [5.74, 6) is -1.16. The van der Waals surface area contributed by atoms with Crippen LogP contribution in [-0.2, 0) is 39.9 Å². The third-order valence-corrected chi connectivity index (χ3v) is 14.8. The Morgan fingerprint density at radius 2 is 1.13 bits per heavy atom. The molecule has 0 radical (unpaired) electrons. The van der Waals surface area contributed by atoms with Crippen molar-refractivity contribution >= 4 is 81.6 Å². The molecule has 2 amide bonds. The topological polar surface area (TPSA) is 259 Å². The van der Waals surface area contributed by atoms with Crippen LogP contribution >= 0.6 is 0 Å². The zero-order valence-electron chi connectivity index (χ0n) is 39.4. The minimum Gasteiger partial charge on any atom is -0.456 e. The maximum absolute atomic E-state index is 13.4. The largest absolute Gasteiger partial charge is 0.456 e. The van der Waals surface area contributed by atoms with E-state index in [1.54, 1.807) is 39.8 Å². The Morgan fingerprint density at radius 3 is 1.68 bits per heavy atom. The van der Waals surface area contributed by atoms with Crippen LogP contribution in [0.4, 0.5) is 28.4 Å². The van der Waals surface area contributed by atoms with Crippen LogP contribution in [0.25, 0.3) is 33.4 Å². The average Bonchev–Trinajstić information content (AvgIpc) is 3.24. The van der Waals surface area contributed by atoms with Gasteiger partial charge in [0.15, 0.2) is 0 Å². The molecule has 2 atom stereocenters. The van der Waals surface area contributed by atoms with Crippen molar-refractivity contribution in [1.29, 1.82) is 0 Å². The number of carbonyl (C=O) groups is 2. The van der Waals surface area contributed by atoms with E-state index in [1.807, 2.05) is 41.5 Å². The Hall–Kier alpha value is -5.96. The second-order valence-electron chi connectivity index (χ2n) is 17.4. The summed E-state index contributed by atoms with van der Waals surface area (Å²) in [5.41, 5.74) is 4.47. The van der Waals surface area contributed by atoms with Gasteiger partial charge in [-0.15, -0.1) is 0 Å². The summed E-state index contributed by atoms with van der Waals surface area (Å²) in [4.78, 5) is 29.0. The molecule has 6 N–H and O–H groups in total. The van der Waals surface area contributed by atoms with E-state index in [9.17, 15) is 48.5 Å². The van der Waals surface area contributed by atoms with Crippen molar-refractivity contribution in [2.45, 2.75) is 110 Å². The Morgan fingerprint density at radius 1 is 0.618 bits per heavy atom. The maximum atomic E-state index is 13.4. The molecule has 0 saturated carbocycles. The Kier molecular flexibility index (Phi) is 14.8. The first-order valence-corrected chi connectivity index (χ1v) is 26.2. The molecule has 68 heavy (non-hydrogen) atoms. The number of rotatable bonds is 15. The molecule has 1 heterocycles. The maximum Gasteiger partial charge on any atom is 0.296 e. The van der Waals surface area contributed by atoms with Crippen LogP contribution in [0.2, 0.25) is 0 Å². The molecule has 2 aliphatic rings. The molecular weight excluding hydrogens is 933 g/mol. The molecular formula is C49H56N4O12S3. The summed E-state index contributed by atoms with van der Waals surface area (Å²) >= 11 is 0. The predicted molar refractivity (Wildman–Crippen MR) is 263 cm³/mol. The van der Waals surface area contributed by atoms with E-state index in [1.165, 1.54) is 30.3 Å². The van der Waals surface area contributed by atoms with E-state index < -0.39 is 45.0 Å². The van der Waals surface area contributed by atoms with Crippen molar-refractivity contribution in [3.05, 3.63) is 99.4 Å². The molecule has 6 rings (SSSR count). The standard InChI is InChI=1S/C49H56N4O12S3/c1-11-15-25(3)48(54)52-46-29(7)19-27(5)44(31(46)9)50-36-23-38-34(21-41(36)67(59,60)61)43(33-17-13-14-18-40(33)66(56,57)58)35-22-42(68(62,63)64)37(24-39(35)65-38)51-45-28(6)20-30(8)47(32(45)10)53-49(55)26(4)16-12-2/h13-14,17-26,50H,11-12,15-16H2,1-10H3,(H,52,54)(H,53,55)(H,56,57,58)(H,59,60,61)(H,62,63,64). The number of amides is 2. The quantitative estimate of drug-likeness (QED) is 0.0414. The summed E-state index contributed by atoms with van der Waals surface area (Å²) in [6, 6.07) is 13.2. The molecule has 362 valence electrons. The van der Waals surface area contributed by atoms with Crippen LogP contribution in [0.5, 0.6) is 0 Å². The lowest BCUT2D eigenvalue weighted by Crippen LogP contribution is -2.21. The number of hydrogen-bond donors (Lipinski definition) is 6. The number of aryl methyl sites for hydroxylation is 4. The molecule has 16 nitrogen and oxygen atoms in total. The normalized spacial score (nSPS) is 13.5. The molecule has 0 bridgehead atoms. The molecule has 4 aromatic carbocycles. The first-order chi connectivity index (χ1) is 31.7. The second-order valence-corrected chi connectivity index (χ2v) is 21.6. The first kappa shape index (κ1) is 51.4. The molecule has 1 aliphatic heterocycles. The Labute approximate surface area is 396 Å². The van der Waals surface area contributed by atoms with Gasteiger partial charge >= 0.3 is 0 Å². The van der Waals surface area contributed by atoms with E-state index in [0.717, 1.165) is 42.2 Å². The summed E-state index contributed by atoms with van der Waals surface area (Å²) in [7, 11) is -15.3. The Bertz CT molecular complexity index is 3420. The SMILES string of the molecule is CCCC(C)C(=O)Nc1c(C)cc(C)c(N=c2cc3oc4cc(Nc5c(C)cc(C)c(NC(=O)C(C)CCC)c5C)c(S(=O)(=O)O)cc4c(-c4ccccc4S(=O)(=O)O)c-3cc2S(=O)(=O)O)c1C. The molecule has 0 spiro atoms. The fraction of sp³-hybridized carbons (Fsp3) is 0.327. The van der Waals surface area contributed by atoms with Crippen molar-refractivity contribution in [1.82, 2.24) is 0 Å². The zero-order valence-corrected chi connectivity index (χ0v) is 41.9. The average molecular weight is 989 g/mol. The van der Waals surface area contributed by atoms with Crippen molar-refractivity contribution < 1.29 is 52.9 Å². The molecule has 19 heteroatoms. The highest BCUT2D eigenvalue weighted by Crippen LogP contribution is 2.46. The first-order valence-electron chi connectivity index (χ1n) is 21.9. The lowest BCUT2D eigenvalue weighted by molar-refractivity contribution is -0.120. The molecule has 0 saturated heterocycles. The molecule has 0 aromatic heterocycles. The van der Waals surface area contributed by atoms with Gasteiger partial charge in [0.25, 0.3) is 30.4 Å². The van der Waals surface area contributed by atoms with Gasteiger partial charge in [-0.3, -0.25) is 23.2 Å². The molecule has 0 fully saturated rings. The second kappa shape index (κ2) is 19.6. The van der Waals surface area contributed by atoms with Gasteiger partial charge in [0, 0.05) is 63.1 Å². The van der Waals surface area contributed by atoms with Crippen molar-refractivity contribution in [3.63, 3.8) is 0 Å². The summed E-state index contributed by atoms with van der Waals surface area (Å²) < 4.78 is 118. The minimum absolute atomic E-state index is 0.115. The van der Waals surface area contributed by atoms with Crippen LogP contribution in [0.1, 0.15) is 86.8 Å². The fourth-order valence-electron chi connectivity index (χ4n) is 8.71. The van der Waals surface area contributed by atoms with Crippen molar-refractivity contribution in [2.75, 3.05) is 16.0 Å². The van der Waals surface area contributed by atoms with E-state index in [2.05, 4.69) is 16.0 Å². The van der Waals surface area contributed by atoms with Crippen LogP contribution < -0.4 is 21.3 Å². The number of benzene rings is 5. The van der Waals surface area contributed by atoms with Gasteiger partial charge in [-0.05, 0) is 106 Å².